The molecular weight excluding hydrogens is 485 g/mol. The maximum absolute atomic E-state index is 13.0. The highest BCUT2D eigenvalue weighted by atomic mass is 32.1. The summed E-state index contributed by atoms with van der Waals surface area (Å²) < 4.78 is 18.2. The molecule has 1 saturated heterocycles. The molecule has 2 aromatic carbocycles. The molecule has 0 saturated carbocycles. The van der Waals surface area contributed by atoms with Gasteiger partial charge in [-0.2, -0.15) is 0 Å². The first-order chi connectivity index (χ1) is 17.4. The lowest BCUT2D eigenvalue weighted by Gasteiger charge is -2.31. The van der Waals surface area contributed by atoms with E-state index in [-0.39, 0.29) is 27.7 Å². The van der Waals surface area contributed by atoms with Gasteiger partial charge in [0.2, 0.25) is 15.9 Å². The van der Waals surface area contributed by atoms with Crippen LogP contribution in [0.25, 0.3) is 0 Å². The lowest BCUT2D eigenvalue weighted by molar-refractivity contribution is -0.122. The first-order valence-electron chi connectivity index (χ1n) is 11.5. The number of aromatic nitrogens is 2. The number of ether oxygens (including phenoxy) is 1. The molecule has 9 nitrogen and oxygen atoms in total. The quantitative estimate of drug-likeness (QED) is 0.479. The van der Waals surface area contributed by atoms with Gasteiger partial charge in [-0.1, -0.05) is 23.5 Å². The normalized spacial score (nSPS) is 13.8. The van der Waals surface area contributed by atoms with Crippen molar-refractivity contribution in [2.45, 2.75) is 25.8 Å². The number of carbonyl (C=O) groups is 3. The molecule has 2 N–H and O–H groups in total. The summed E-state index contributed by atoms with van der Waals surface area (Å²) in [5.74, 6) is -0.301. The van der Waals surface area contributed by atoms with Gasteiger partial charge in [-0.05, 0) is 60.7 Å². The van der Waals surface area contributed by atoms with Crippen LogP contribution in [0.5, 0.6) is 5.75 Å². The SMILES string of the molecule is COc1cccc(CNC(=O)CC2CCN(C(=O)c3nnc(C(=O)Nc4ccc(F)cc4)s3)CC2)c1. The molecule has 1 aliphatic heterocycles. The van der Waals surface area contributed by atoms with E-state index in [9.17, 15) is 18.8 Å². The topological polar surface area (TPSA) is 114 Å². The number of likely N-dealkylation sites (tertiary alicyclic amines) is 1. The summed E-state index contributed by atoms with van der Waals surface area (Å²) in [4.78, 5) is 39.3. The van der Waals surface area contributed by atoms with E-state index in [1.165, 1.54) is 24.3 Å². The lowest BCUT2D eigenvalue weighted by atomic mass is 9.93. The maximum atomic E-state index is 13.0. The van der Waals surface area contributed by atoms with Crippen molar-refractivity contribution in [2.75, 3.05) is 25.5 Å². The van der Waals surface area contributed by atoms with Crippen molar-refractivity contribution in [3.8, 4) is 5.75 Å². The molecule has 2 heterocycles. The number of piperidine rings is 1. The van der Waals surface area contributed by atoms with E-state index in [0.29, 0.717) is 44.6 Å². The van der Waals surface area contributed by atoms with Gasteiger partial charge in [-0.25, -0.2) is 4.39 Å². The second kappa shape index (κ2) is 11.7. The number of hydrogen-bond acceptors (Lipinski definition) is 7. The molecular formula is C25H26FN5O4S. The van der Waals surface area contributed by atoms with Gasteiger partial charge in [0, 0.05) is 31.7 Å². The zero-order valence-corrected chi connectivity index (χ0v) is 20.5. The molecule has 36 heavy (non-hydrogen) atoms. The van der Waals surface area contributed by atoms with Crippen molar-refractivity contribution in [2.24, 2.45) is 5.92 Å². The number of halogens is 1. The molecule has 11 heteroatoms. The summed E-state index contributed by atoms with van der Waals surface area (Å²) >= 11 is 0.911. The van der Waals surface area contributed by atoms with Gasteiger partial charge < -0.3 is 20.3 Å². The van der Waals surface area contributed by atoms with E-state index in [1.807, 2.05) is 24.3 Å². The van der Waals surface area contributed by atoms with Gasteiger partial charge in [-0.15, -0.1) is 10.2 Å². The van der Waals surface area contributed by atoms with E-state index >= 15 is 0 Å². The van der Waals surface area contributed by atoms with Gasteiger partial charge in [-0.3, -0.25) is 14.4 Å². The van der Waals surface area contributed by atoms with Crippen LogP contribution in [-0.2, 0) is 11.3 Å². The number of nitrogens with zero attached hydrogens (tertiary/aromatic N) is 3. The van der Waals surface area contributed by atoms with Gasteiger partial charge in [0.25, 0.3) is 11.8 Å². The van der Waals surface area contributed by atoms with Crippen LogP contribution in [0.2, 0.25) is 0 Å². The van der Waals surface area contributed by atoms with Crippen molar-refractivity contribution in [3.63, 3.8) is 0 Å². The fraction of sp³-hybridized carbons (Fsp3) is 0.320. The number of rotatable bonds is 8. The molecule has 0 aliphatic carbocycles. The van der Waals surface area contributed by atoms with Crippen molar-refractivity contribution in [3.05, 3.63) is 69.9 Å². The Balaban J connectivity index is 1.22. The minimum atomic E-state index is -0.517. The zero-order chi connectivity index (χ0) is 25.5. The third-order valence-electron chi connectivity index (χ3n) is 5.90. The molecule has 0 bridgehead atoms. The molecule has 0 spiro atoms. The molecule has 3 aromatic rings. The molecule has 3 amide bonds. The predicted molar refractivity (Wildman–Crippen MR) is 132 cm³/mol. The van der Waals surface area contributed by atoms with Crippen molar-refractivity contribution >= 4 is 34.7 Å². The molecule has 0 radical (unpaired) electrons. The summed E-state index contributed by atoms with van der Waals surface area (Å²) in [5.41, 5.74) is 1.38. The number of benzene rings is 2. The summed E-state index contributed by atoms with van der Waals surface area (Å²) in [5, 5.41) is 13.4. The largest absolute Gasteiger partial charge is 0.497 e. The molecule has 1 aromatic heterocycles. The maximum Gasteiger partial charge on any atom is 0.286 e. The third-order valence-corrected chi connectivity index (χ3v) is 6.81. The molecule has 4 rings (SSSR count). The Morgan fingerprint density at radius 1 is 1.08 bits per heavy atom. The van der Waals surface area contributed by atoms with Crippen LogP contribution in [-0.4, -0.2) is 53.0 Å². The van der Waals surface area contributed by atoms with Crippen LogP contribution in [0.3, 0.4) is 0 Å². The van der Waals surface area contributed by atoms with E-state index in [1.54, 1.807) is 12.0 Å². The van der Waals surface area contributed by atoms with Crippen molar-refractivity contribution < 1.29 is 23.5 Å². The highest BCUT2D eigenvalue weighted by Gasteiger charge is 2.28. The van der Waals surface area contributed by atoms with E-state index in [0.717, 1.165) is 22.6 Å². The van der Waals surface area contributed by atoms with Crippen LogP contribution >= 0.6 is 11.3 Å². The molecule has 0 unspecified atom stereocenters. The summed E-state index contributed by atoms with van der Waals surface area (Å²) in [6.45, 7) is 1.44. The molecule has 188 valence electrons. The highest BCUT2D eigenvalue weighted by Crippen LogP contribution is 2.23. The Hall–Kier alpha value is -3.86. The van der Waals surface area contributed by atoms with Crippen LogP contribution < -0.4 is 15.4 Å². The Labute approximate surface area is 211 Å². The number of hydrogen-bond donors (Lipinski definition) is 2. The van der Waals surface area contributed by atoms with E-state index < -0.39 is 11.7 Å². The van der Waals surface area contributed by atoms with Gasteiger partial charge >= 0.3 is 0 Å². The minimum Gasteiger partial charge on any atom is -0.497 e. The molecule has 1 fully saturated rings. The first-order valence-corrected chi connectivity index (χ1v) is 12.3. The summed E-state index contributed by atoms with van der Waals surface area (Å²) in [7, 11) is 1.60. The number of carbonyl (C=O) groups excluding carboxylic acids is 3. The fourth-order valence-electron chi connectivity index (χ4n) is 3.91. The second-order valence-corrected chi connectivity index (χ2v) is 9.42. The van der Waals surface area contributed by atoms with Gasteiger partial charge in [0.05, 0.1) is 7.11 Å². The van der Waals surface area contributed by atoms with Crippen LogP contribution in [0, 0.1) is 11.7 Å². The van der Waals surface area contributed by atoms with Crippen LogP contribution in [0.15, 0.2) is 48.5 Å². The predicted octanol–water partition coefficient (Wildman–Crippen LogP) is 3.50. The van der Waals surface area contributed by atoms with Crippen molar-refractivity contribution in [1.82, 2.24) is 20.4 Å². The Morgan fingerprint density at radius 2 is 1.81 bits per heavy atom. The third kappa shape index (κ3) is 6.63. The molecule has 1 aliphatic rings. The average molecular weight is 512 g/mol. The number of anilines is 1. The van der Waals surface area contributed by atoms with Crippen molar-refractivity contribution in [1.29, 1.82) is 0 Å². The molecule has 0 atom stereocenters. The highest BCUT2D eigenvalue weighted by molar-refractivity contribution is 7.15. The zero-order valence-electron chi connectivity index (χ0n) is 19.7. The van der Waals surface area contributed by atoms with E-state index in [4.69, 9.17) is 4.74 Å². The second-order valence-electron chi connectivity index (χ2n) is 8.44. The number of amides is 3. The Kier molecular flexibility index (Phi) is 8.21. The summed E-state index contributed by atoms with van der Waals surface area (Å²) in [6.07, 6.45) is 1.81. The van der Waals surface area contributed by atoms with Gasteiger partial charge in [0.1, 0.15) is 11.6 Å². The average Bonchev–Trinajstić information content (AvgIpc) is 3.40. The Bertz CT molecular complexity index is 1230. The van der Waals surface area contributed by atoms with Crippen LogP contribution in [0.1, 0.15) is 44.4 Å². The lowest BCUT2D eigenvalue weighted by Crippen LogP contribution is -2.39. The summed E-state index contributed by atoms with van der Waals surface area (Å²) in [6, 6.07) is 12.9. The van der Waals surface area contributed by atoms with Gasteiger partial charge in [0.15, 0.2) is 0 Å². The standard InChI is InChI=1S/C25H26FN5O4S/c1-35-20-4-2-3-17(13-20)15-27-21(32)14-16-9-11-31(12-10-16)25(34)24-30-29-23(36-24)22(33)28-19-7-5-18(26)6-8-19/h2-8,13,16H,9-12,14-15H2,1H3,(H,27,32)(H,28,33). The first kappa shape index (κ1) is 25.2. The van der Waals surface area contributed by atoms with E-state index in [2.05, 4.69) is 20.8 Å². The number of methoxy groups -OCH3 is 1. The number of nitrogens with one attached hydrogen (secondary N) is 2. The minimum absolute atomic E-state index is 0.0245. The smallest absolute Gasteiger partial charge is 0.286 e. The van der Waals surface area contributed by atoms with Crippen LogP contribution in [0.4, 0.5) is 10.1 Å². The fourth-order valence-corrected chi connectivity index (χ4v) is 4.62. The Morgan fingerprint density at radius 3 is 2.53 bits per heavy atom. The monoisotopic (exact) mass is 511 g/mol.